The predicted octanol–water partition coefficient (Wildman–Crippen LogP) is 0.994. The van der Waals surface area contributed by atoms with Gasteiger partial charge in [-0.2, -0.15) is 0 Å². The first-order valence-electron chi connectivity index (χ1n) is 4.98. The van der Waals surface area contributed by atoms with Gasteiger partial charge < -0.3 is 10.2 Å². The van der Waals surface area contributed by atoms with Crippen molar-refractivity contribution in [1.82, 2.24) is 0 Å². The van der Waals surface area contributed by atoms with E-state index in [9.17, 15) is 18.3 Å². The number of hydrogen-bond acceptors (Lipinski definition) is 4. The summed E-state index contributed by atoms with van der Waals surface area (Å²) in [6, 6.07) is 3.47. The number of carboxylic acid groups (broad SMARTS) is 1. The molecule has 0 bridgehead atoms. The fourth-order valence-corrected chi connectivity index (χ4v) is 2.77. The van der Waals surface area contributed by atoms with Crippen molar-refractivity contribution in [3.8, 4) is 5.75 Å². The lowest BCUT2D eigenvalue weighted by molar-refractivity contribution is 0.0696. The molecule has 0 atom stereocenters. The van der Waals surface area contributed by atoms with Crippen LogP contribution in [0.4, 0.5) is 5.69 Å². The van der Waals surface area contributed by atoms with Crippen LogP contribution in [0, 0.1) is 0 Å². The van der Waals surface area contributed by atoms with Gasteiger partial charge >= 0.3 is 5.97 Å². The second-order valence-electron chi connectivity index (χ2n) is 3.88. The maximum atomic E-state index is 11.6. The van der Waals surface area contributed by atoms with Crippen LogP contribution < -0.4 is 4.72 Å². The number of aromatic hydroxyl groups is 1. The third kappa shape index (κ3) is 2.50. The van der Waals surface area contributed by atoms with Gasteiger partial charge in [0.25, 0.3) is 0 Å². The summed E-state index contributed by atoms with van der Waals surface area (Å²) in [5, 5.41) is 17.8. The van der Waals surface area contributed by atoms with Gasteiger partial charge in [0.15, 0.2) is 0 Å². The van der Waals surface area contributed by atoms with Crippen molar-refractivity contribution in [2.24, 2.45) is 0 Å². The van der Waals surface area contributed by atoms with E-state index in [1.165, 1.54) is 12.1 Å². The highest BCUT2D eigenvalue weighted by Gasteiger charge is 2.36. The topological polar surface area (TPSA) is 104 Å². The Morgan fingerprint density at radius 3 is 2.47 bits per heavy atom. The third-order valence-electron chi connectivity index (χ3n) is 2.46. The normalized spacial score (nSPS) is 15.5. The minimum atomic E-state index is -3.45. The monoisotopic (exact) mass is 257 g/mol. The third-order valence-corrected chi connectivity index (χ3v) is 4.31. The summed E-state index contributed by atoms with van der Waals surface area (Å²) >= 11 is 0. The van der Waals surface area contributed by atoms with Crippen LogP contribution in [0.25, 0.3) is 0 Å². The fraction of sp³-hybridized carbons (Fsp3) is 0.300. The zero-order chi connectivity index (χ0) is 12.6. The number of nitrogens with one attached hydrogen (secondary N) is 1. The first-order valence-corrected chi connectivity index (χ1v) is 6.53. The van der Waals surface area contributed by atoms with Gasteiger partial charge in [-0.3, -0.25) is 4.72 Å². The minimum Gasteiger partial charge on any atom is -0.506 e. The molecule has 1 aliphatic rings. The van der Waals surface area contributed by atoms with Crippen molar-refractivity contribution in [2.75, 3.05) is 4.72 Å². The number of hydrogen-bond donors (Lipinski definition) is 3. The molecule has 0 unspecified atom stereocenters. The molecule has 0 spiro atoms. The number of carbonyl (C=O) groups is 1. The van der Waals surface area contributed by atoms with Crippen molar-refractivity contribution in [3.05, 3.63) is 23.8 Å². The van der Waals surface area contributed by atoms with Gasteiger partial charge in [0, 0.05) is 0 Å². The van der Waals surface area contributed by atoms with E-state index < -0.39 is 27.0 Å². The molecule has 92 valence electrons. The van der Waals surface area contributed by atoms with Gasteiger partial charge in [0.1, 0.15) is 5.75 Å². The quantitative estimate of drug-likeness (QED) is 0.698. The Labute approximate surface area is 97.9 Å². The largest absolute Gasteiger partial charge is 0.506 e. The van der Waals surface area contributed by atoms with Crippen molar-refractivity contribution in [1.29, 1.82) is 0 Å². The van der Waals surface area contributed by atoms with Crippen molar-refractivity contribution >= 4 is 21.7 Å². The van der Waals surface area contributed by atoms with E-state index in [1.807, 2.05) is 0 Å². The summed E-state index contributed by atoms with van der Waals surface area (Å²) in [5.74, 6) is -1.58. The number of sulfonamides is 1. The number of anilines is 1. The Bertz CT molecular complexity index is 562. The van der Waals surface area contributed by atoms with Crippen LogP contribution in [0.2, 0.25) is 0 Å². The SMILES string of the molecule is O=C(O)c1ccc(NS(=O)(=O)C2CC2)c(O)c1. The molecule has 0 amide bonds. The first-order chi connectivity index (χ1) is 7.90. The van der Waals surface area contributed by atoms with Gasteiger partial charge in [0.2, 0.25) is 10.0 Å². The summed E-state index contributed by atoms with van der Waals surface area (Å²) in [7, 11) is -3.45. The number of aromatic carboxylic acids is 1. The maximum Gasteiger partial charge on any atom is 0.335 e. The molecule has 3 N–H and O–H groups in total. The van der Waals surface area contributed by atoms with Gasteiger partial charge in [-0.05, 0) is 31.0 Å². The predicted molar refractivity (Wildman–Crippen MR) is 60.6 cm³/mol. The van der Waals surface area contributed by atoms with Crippen molar-refractivity contribution in [2.45, 2.75) is 18.1 Å². The molecular weight excluding hydrogens is 246 g/mol. The molecule has 1 aromatic carbocycles. The number of phenols is 1. The highest BCUT2D eigenvalue weighted by Crippen LogP contribution is 2.32. The van der Waals surface area contributed by atoms with Crippen LogP contribution in [0.5, 0.6) is 5.75 Å². The van der Waals surface area contributed by atoms with E-state index in [0.717, 1.165) is 6.07 Å². The highest BCUT2D eigenvalue weighted by molar-refractivity contribution is 7.93. The van der Waals surface area contributed by atoms with E-state index in [2.05, 4.69) is 4.72 Å². The molecule has 0 radical (unpaired) electrons. The zero-order valence-corrected chi connectivity index (χ0v) is 9.57. The van der Waals surface area contributed by atoms with Gasteiger partial charge in [-0.1, -0.05) is 0 Å². The lowest BCUT2D eigenvalue weighted by Gasteiger charge is -2.09. The van der Waals surface area contributed by atoms with Gasteiger partial charge in [0.05, 0.1) is 16.5 Å². The van der Waals surface area contributed by atoms with Crippen LogP contribution in [-0.2, 0) is 10.0 Å². The van der Waals surface area contributed by atoms with Crippen LogP contribution in [0.1, 0.15) is 23.2 Å². The average Bonchev–Trinajstić information content (AvgIpc) is 3.04. The second kappa shape index (κ2) is 3.92. The molecule has 7 heteroatoms. The van der Waals surface area contributed by atoms with Crippen LogP contribution in [0.3, 0.4) is 0 Å². The molecule has 1 aromatic rings. The molecule has 6 nitrogen and oxygen atoms in total. The van der Waals surface area contributed by atoms with E-state index >= 15 is 0 Å². The molecule has 1 fully saturated rings. The zero-order valence-electron chi connectivity index (χ0n) is 8.75. The van der Waals surface area contributed by atoms with E-state index in [1.54, 1.807) is 0 Å². The van der Waals surface area contributed by atoms with E-state index in [-0.39, 0.29) is 11.3 Å². The Balaban J connectivity index is 2.25. The summed E-state index contributed by atoms with van der Waals surface area (Å²) in [4.78, 5) is 10.6. The molecule has 0 aliphatic heterocycles. The summed E-state index contributed by atoms with van der Waals surface area (Å²) < 4.78 is 25.4. The van der Waals surface area contributed by atoms with Crippen LogP contribution >= 0.6 is 0 Å². The molecule has 17 heavy (non-hydrogen) atoms. The maximum absolute atomic E-state index is 11.6. The second-order valence-corrected chi connectivity index (χ2v) is 5.84. The van der Waals surface area contributed by atoms with Crippen molar-refractivity contribution in [3.63, 3.8) is 0 Å². The lowest BCUT2D eigenvalue weighted by atomic mass is 10.2. The molecule has 0 heterocycles. The van der Waals surface area contributed by atoms with Crippen LogP contribution in [-0.4, -0.2) is 29.9 Å². The fourth-order valence-electron chi connectivity index (χ4n) is 1.37. The summed E-state index contributed by atoms with van der Waals surface area (Å²) in [6.45, 7) is 0. The molecule has 1 saturated carbocycles. The number of benzene rings is 1. The molecule has 0 saturated heterocycles. The molecule has 0 aromatic heterocycles. The average molecular weight is 257 g/mol. The van der Waals surface area contributed by atoms with E-state index in [0.29, 0.717) is 12.8 Å². The number of phenolic OH excluding ortho intramolecular Hbond substituents is 1. The molecule has 2 rings (SSSR count). The summed E-state index contributed by atoms with van der Waals surface area (Å²) in [5.41, 5.74) is -0.0984. The first kappa shape index (κ1) is 11.7. The number of carboxylic acids is 1. The Morgan fingerprint density at radius 2 is 2.00 bits per heavy atom. The minimum absolute atomic E-state index is 0.00176. The van der Waals surface area contributed by atoms with Gasteiger partial charge in [-0.25, -0.2) is 13.2 Å². The Morgan fingerprint density at radius 1 is 1.35 bits per heavy atom. The van der Waals surface area contributed by atoms with Crippen molar-refractivity contribution < 1.29 is 23.4 Å². The smallest absolute Gasteiger partial charge is 0.335 e. The summed E-state index contributed by atoms with van der Waals surface area (Å²) in [6.07, 6.45) is 1.23. The number of rotatable bonds is 4. The highest BCUT2D eigenvalue weighted by atomic mass is 32.2. The molecular formula is C10H11NO5S. The Hall–Kier alpha value is -1.76. The molecule has 1 aliphatic carbocycles. The standard InChI is InChI=1S/C10H11NO5S/c12-9-5-6(10(13)14)1-4-8(9)11-17(15,16)7-2-3-7/h1,4-5,7,11-12H,2-3H2,(H,13,14). The van der Waals surface area contributed by atoms with E-state index in [4.69, 9.17) is 5.11 Å². The lowest BCUT2D eigenvalue weighted by Crippen LogP contribution is -2.17. The Kier molecular flexibility index (Phi) is 2.70. The van der Waals surface area contributed by atoms with Crippen LogP contribution in [0.15, 0.2) is 18.2 Å². The van der Waals surface area contributed by atoms with Gasteiger partial charge in [-0.15, -0.1) is 0 Å².